The average molecular weight is 478 g/mol. The van der Waals surface area contributed by atoms with E-state index in [9.17, 15) is 5.11 Å². The number of piperidine rings is 1. The van der Waals surface area contributed by atoms with Crippen LogP contribution in [0.1, 0.15) is 47.1 Å². The van der Waals surface area contributed by atoms with Gasteiger partial charge in [-0.2, -0.15) is 0 Å². The van der Waals surface area contributed by atoms with Crippen molar-refractivity contribution in [1.29, 1.82) is 0 Å². The first-order chi connectivity index (χ1) is 17.1. The maximum atomic E-state index is 15.8. The molecule has 0 bridgehead atoms. The van der Waals surface area contributed by atoms with Crippen molar-refractivity contribution in [2.24, 2.45) is 5.92 Å². The van der Waals surface area contributed by atoms with Crippen LogP contribution in [0.3, 0.4) is 0 Å². The molecule has 3 aromatic carbocycles. The monoisotopic (exact) mass is 477 g/mol. The van der Waals surface area contributed by atoms with Crippen molar-refractivity contribution in [2.75, 3.05) is 32.2 Å². The van der Waals surface area contributed by atoms with Gasteiger partial charge in [-0.3, -0.25) is 0 Å². The van der Waals surface area contributed by atoms with Crippen LogP contribution in [-0.2, 0) is 20.8 Å². The van der Waals surface area contributed by atoms with Crippen LogP contribution in [0.25, 0.3) is 0 Å². The van der Waals surface area contributed by atoms with Crippen molar-refractivity contribution in [1.82, 2.24) is 0 Å². The standard InChI is InChI=1S/C29H32FNO4/c1-33-29(34-2)20-12-14-31(15-13-20)22-8-10-25(26(30)17-22)27-24-11-9-23(32)16-21(24)18-35-28(27)19-6-4-3-5-7-19/h3-11,16-17,20,27-29,32H,12-15,18H2,1-2H3/t27-,28+/m1/s1. The fourth-order valence-corrected chi connectivity index (χ4v) is 5.60. The van der Waals surface area contributed by atoms with Gasteiger partial charge >= 0.3 is 0 Å². The number of anilines is 1. The number of nitrogens with zero attached hydrogens (tertiary/aromatic N) is 1. The lowest BCUT2D eigenvalue weighted by Gasteiger charge is -2.37. The molecule has 184 valence electrons. The van der Waals surface area contributed by atoms with Crippen molar-refractivity contribution in [3.63, 3.8) is 0 Å². The largest absolute Gasteiger partial charge is 0.508 e. The van der Waals surface area contributed by atoms with Crippen LogP contribution in [0.5, 0.6) is 5.75 Å². The Kier molecular flexibility index (Phi) is 7.04. The molecule has 0 amide bonds. The highest BCUT2D eigenvalue weighted by molar-refractivity contribution is 5.52. The van der Waals surface area contributed by atoms with E-state index in [1.165, 1.54) is 0 Å². The van der Waals surface area contributed by atoms with Crippen molar-refractivity contribution >= 4 is 5.69 Å². The summed E-state index contributed by atoms with van der Waals surface area (Å²) in [7, 11) is 3.34. The van der Waals surface area contributed by atoms with Crippen LogP contribution in [0.4, 0.5) is 10.1 Å². The maximum absolute atomic E-state index is 15.8. The molecule has 35 heavy (non-hydrogen) atoms. The first kappa shape index (κ1) is 23.8. The molecule has 1 fully saturated rings. The number of hydrogen-bond donors (Lipinski definition) is 1. The van der Waals surface area contributed by atoms with Crippen molar-refractivity contribution in [2.45, 2.75) is 37.8 Å². The highest BCUT2D eigenvalue weighted by atomic mass is 19.1. The predicted molar refractivity (Wildman–Crippen MR) is 133 cm³/mol. The van der Waals surface area contributed by atoms with Crippen LogP contribution >= 0.6 is 0 Å². The molecule has 0 saturated carbocycles. The van der Waals surface area contributed by atoms with Gasteiger partial charge in [0.2, 0.25) is 0 Å². The molecular weight excluding hydrogens is 445 g/mol. The van der Waals surface area contributed by atoms with E-state index in [0.29, 0.717) is 18.1 Å². The topological polar surface area (TPSA) is 51.2 Å². The molecule has 2 aliphatic rings. The van der Waals surface area contributed by atoms with Gasteiger partial charge in [-0.15, -0.1) is 0 Å². The Morgan fingerprint density at radius 3 is 2.34 bits per heavy atom. The molecule has 2 heterocycles. The van der Waals surface area contributed by atoms with Crippen molar-refractivity contribution in [3.05, 3.63) is 94.8 Å². The Labute approximate surface area is 206 Å². The minimum Gasteiger partial charge on any atom is -0.508 e. The van der Waals surface area contributed by atoms with E-state index >= 15 is 4.39 Å². The summed E-state index contributed by atoms with van der Waals surface area (Å²) >= 11 is 0. The first-order valence-electron chi connectivity index (χ1n) is 12.2. The molecule has 2 aliphatic heterocycles. The number of halogens is 1. The molecule has 1 saturated heterocycles. The highest BCUT2D eigenvalue weighted by Gasteiger charge is 2.35. The van der Waals surface area contributed by atoms with Gasteiger partial charge in [0.1, 0.15) is 11.6 Å². The Bertz CT molecular complexity index is 1140. The minimum atomic E-state index is -0.315. The molecule has 3 aromatic rings. The third kappa shape index (κ3) is 4.79. The number of methoxy groups -OCH3 is 2. The molecular formula is C29H32FNO4. The minimum absolute atomic E-state index is 0.188. The summed E-state index contributed by atoms with van der Waals surface area (Å²) in [6, 6.07) is 20.8. The summed E-state index contributed by atoms with van der Waals surface area (Å²) < 4.78 is 32.9. The van der Waals surface area contributed by atoms with E-state index in [-0.39, 0.29) is 29.9 Å². The number of benzene rings is 3. The highest BCUT2D eigenvalue weighted by Crippen LogP contribution is 2.46. The summed E-state index contributed by atoms with van der Waals surface area (Å²) in [5.74, 6) is -0.0329. The molecule has 6 heteroatoms. The third-order valence-electron chi connectivity index (χ3n) is 7.38. The third-order valence-corrected chi connectivity index (χ3v) is 7.38. The maximum Gasteiger partial charge on any atom is 0.159 e. The SMILES string of the molecule is COC(OC)C1CCN(c2ccc([C@H]3c4ccc(O)cc4CO[C@H]3c3ccccc3)c(F)c2)CC1. The van der Waals surface area contributed by atoms with E-state index in [0.717, 1.165) is 48.3 Å². The van der Waals surface area contributed by atoms with E-state index in [1.54, 1.807) is 32.4 Å². The van der Waals surface area contributed by atoms with Gasteiger partial charge in [-0.25, -0.2) is 4.39 Å². The smallest absolute Gasteiger partial charge is 0.159 e. The van der Waals surface area contributed by atoms with Gasteiger partial charge in [-0.1, -0.05) is 42.5 Å². The van der Waals surface area contributed by atoms with Gasteiger partial charge in [0.25, 0.3) is 0 Å². The lowest BCUT2D eigenvalue weighted by Crippen LogP contribution is -2.39. The van der Waals surface area contributed by atoms with E-state index in [1.807, 2.05) is 48.5 Å². The second-order valence-corrected chi connectivity index (χ2v) is 9.37. The van der Waals surface area contributed by atoms with Crippen LogP contribution in [0, 0.1) is 11.7 Å². The van der Waals surface area contributed by atoms with Gasteiger partial charge < -0.3 is 24.2 Å². The fourth-order valence-electron chi connectivity index (χ4n) is 5.60. The van der Waals surface area contributed by atoms with Crippen LogP contribution < -0.4 is 4.90 Å². The molecule has 0 spiro atoms. The van der Waals surface area contributed by atoms with Crippen molar-refractivity contribution in [3.8, 4) is 5.75 Å². The number of aromatic hydroxyl groups is 1. The fraction of sp³-hybridized carbons (Fsp3) is 0.379. The first-order valence-corrected chi connectivity index (χ1v) is 12.2. The number of fused-ring (bicyclic) bond motifs is 1. The number of phenols is 1. The van der Waals surface area contributed by atoms with Gasteiger partial charge in [0.15, 0.2) is 6.29 Å². The Hall–Kier alpha value is -2.93. The molecule has 0 radical (unpaired) electrons. The molecule has 5 rings (SSSR count). The molecule has 2 atom stereocenters. The van der Waals surface area contributed by atoms with E-state index < -0.39 is 0 Å². The van der Waals surface area contributed by atoms with Gasteiger partial charge in [-0.05, 0) is 59.4 Å². The van der Waals surface area contributed by atoms with Crippen LogP contribution in [0.15, 0.2) is 66.7 Å². The van der Waals surface area contributed by atoms with E-state index in [4.69, 9.17) is 14.2 Å². The number of phenolic OH excluding ortho intramolecular Hbond substituents is 1. The second-order valence-electron chi connectivity index (χ2n) is 9.37. The molecule has 0 unspecified atom stereocenters. The summed E-state index contributed by atoms with van der Waals surface area (Å²) in [6.45, 7) is 2.03. The summed E-state index contributed by atoms with van der Waals surface area (Å²) in [5, 5.41) is 10.00. The quantitative estimate of drug-likeness (QED) is 0.457. The molecule has 1 N–H and O–H groups in total. The number of hydrogen-bond acceptors (Lipinski definition) is 5. The Morgan fingerprint density at radius 1 is 0.943 bits per heavy atom. The summed E-state index contributed by atoms with van der Waals surface area (Å²) in [5.41, 5.74) is 4.37. The summed E-state index contributed by atoms with van der Waals surface area (Å²) in [6.07, 6.45) is 1.35. The zero-order chi connectivity index (χ0) is 24.4. The Balaban J connectivity index is 1.44. The van der Waals surface area contributed by atoms with Crippen LogP contribution in [0.2, 0.25) is 0 Å². The Morgan fingerprint density at radius 2 is 1.66 bits per heavy atom. The zero-order valence-electron chi connectivity index (χ0n) is 20.2. The molecule has 0 aromatic heterocycles. The lowest BCUT2D eigenvalue weighted by atomic mass is 9.79. The normalized spacial score (nSPS) is 20.7. The predicted octanol–water partition coefficient (Wildman–Crippen LogP) is 5.77. The van der Waals surface area contributed by atoms with Crippen LogP contribution in [-0.4, -0.2) is 38.7 Å². The second kappa shape index (κ2) is 10.4. The van der Waals surface area contributed by atoms with Crippen molar-refractivity contribution < 1.29 is 23.7 Å². The van der Waals surface area contributed by atoms with Gasteiger partial charge in [0, 0.05) is 44.8 Å². The number of rotatable bonds is 6. The molecule has 0 aliphatic carbocycles. The molecule has 5 nitrogen and oxygen atoms in total. The van der Waals surface area contributed by atoms with Gasteiger partial charge in [0.05, 0.1) is 12.7 Å². The van der Waals surface area contributed by atoms with E-state index in [2.05, 4.69) is 4.90 Å². The lowest BCUT2D eigenvalue weighted by molar-refractivity contribution is -0.141. The zero-order valence-corrected chi connectivity index (χ0v) is 20.2. The summed E-state index contributed by atoms with van der Waals surface area (Å²) in [4.78, 5) is 2.23. The number of ether oxygens (including phenoxy) is 3. The average Bonchev–Trinajstić information content (AvgIpc) is 2.89.